The number of hydrogen-bond donors (Lipinski definition) is 1. The molecule has 0 aliphatic carbocycles. The molecule has 0 saturated carbocycles. The van der Waals surface area contributed by atoms with Crippen molar-refractivity contribution in [2.75, 3.05) is 32.0 Å². The Morgan fingerprint density at radius 3 is 2.69 bits per heavy atom. The summed E-state index contributed by atoms with van der Waals surface area (Å²) in [4.78, 5) is 2.37. The van der Waals surface area contributed by atoms with Crippen LogP contribution in [0.4, 0.5) is 5.82 Å². The van der Waals surface area contributed by atoms with Crippen LogP contribution in [0.5, 0.6) is 0 Å². The summed E-state index contributed by atoms with van der Waals surface area (Å²) in [6.07, 6.45) is 2.43. The number of rotatable bonds is 3. The van der Waals surface area contributed by atoms with Crippen molar-refractivity contribution in [2.45, 2.75) is 19.8 Å². The molecule has 1 aliphatic rings. The van der Waals surface area contributed by atoms with E-state index in [0.29, 0.717) is 10.6 Å². The van der Waals surface area contributed by atoms with E-state index in [0.717, 1.165) is 24.1 Å². The number of hydrogen-bond acceptors (Lipinski definition) is 5. The van der Waals surface area contributed by atoms with E-state index in [9.17, 15) is 0 Å². The van der Waals surface area contributed by atoms with Crippen LogP contribution in [0.25, 0.3) is 0 Å². The first-order valence-electron chi connectivity index (χ1n) is 5.50. The molecule has 0 bridgehead atoms. The van der Waals surface area contributed by atoms with E-state index in [1.807, 2.05) is 0 Å². The molecule has 2 heterocycles. The Morgan fingerprint density at radius 2 is 2.12 bits per heavy atom. The van der Waals surface area contributed by atoms with Crippen LogP contribution in [-0.4, -0.2) is 40.3 Å². The fourth-order valence-corrected chi connectivity index (χ4v) is 2.60. The third-order valence-electron chi connectivity index (χ3n) is 3.33. The first-order chi connectivity index (χ1) is 7.59. The predicted molar refractivity (Wildman–Crippen MR) is 68.2 cm³/mol. The van der Waals surface area contributed by atoms with E-state index >= 15 is 0 Å². The molecule has 4 nitrogen and oxygen atoms in total. The molecule has 1 aromatic rings. The number of nitrogens with zero attached hydrogens (tertiary/aromatic N) is 3. The van der Waals surface area contributed by atoms with Gasteiger partial charge in [0.15, 0.2) is 11.0 Å². The molecule has 0 amide bonds. The van der Waals surface area contributed by atoms with Crippen LogP contribution in [0.3, 0.4) is 0 Å². The van der Waals surface area contributed by atoms with Gasteiger partial charge >= 0.3 is 0 Å². The summed E-state index contributed by atoms with van der Waals surface area (Å²) in [6.45, 7) is 5.58. The second kappa shape index (κ2) is 4.85. The van der Waals surface area contributed by atoms with E-state index < -0.39 is 0 Å². The van der Waals surface area contributed by atoms with Gasteiger partial charge in [0.1, 0.15) is 0 Å². The van der Waals surface area contributed by atoms with Crippen LogP contribution < -0.4 is 5.32 Å². The van der Waals surface area contributed by atoms with Crippen molar-refractivity contribution in [1.29, 1.82) is 0 Å². The van der Waals surface area contributed by atoms with Crippen molar-refractivity contribution < 1.29 is 0 Å². The average Bonchev–Trinajstić information content (AvgIpc) is 2.67. The maximum Gasteiger partial charge on any atom is 0.186 e. The van der Waals surface area contributed by atoms with Crippen LogP contribution in [0, 0.1) is 5.41 Å². The minimum Gasteiger partial charge on any atom is -0.366 e. The lowest BCUT2D eigenvalue weighted by atomic mass is 9.80. The smallest absolute Gasteiger partial charge is 0.186 e. The van der Waals surface area contributed by atoms with Gasteiger partial charge in [-0.3, -0.25) is 0 Å². The zero-order valence-electron chi connectivity index (χ0n) is 9.66. The number of nitrogens with one attached hydrogen (secondary N) is 1. The number of halogens is 1. The molecule has 0 spiro atoms. The summed E-state index contributed by atoms with van der Waals surface area (Å²) in [7, 11) is 2.17. The molecule has 1 saturated heterocycles. The van der Waals surface area contributed by atoms with Crippen LogP contribution in [0.15, 0.2) is 0 Å². The van der Waals surface area contributed by atoms with Gasteiger partial charge in [-0.2, -0.15) is 8.75 Å². The van der Waals surface area contributed by atoms with Gasteiger partial charge in [-0.15, -0.1) is 0 Å². The maximum absolute atomic E-state index is 5.89. The molecule has 2 rings (SSSR count). The molecular formula is C10H17ClN4S. The van der Waals surface area contributed by atoms with Crippen LogP contribution in [0.2, 0.25) is 5.15 Å². The lowest BCUT2D eigenvalue weighted by Crippen LogP contribution is -2.40. The van der Waals surface area contributed by atoms with Crippen molar-refractivity contribution in [2.24, 2.45) is 5.41 Å². The zero-order valence-corrected chi connectivity index (χ0v) is 11.2. The van der Waals surface area contributed by atoms with Crippen molar-refractivity contribution in [3.63, 3.8) is 0 Å². The highest BCUT2D eigenvalue weighted by atomic mass is 35.5. The van der Waals surface area contributed by atoms with Crippen LogP contribution in [0.1, 0.15) is 19.8 Å². The number of piperidine rings is 1. The largest absolute Gasteiger partial charge is 0.366 e. The highest BCUT2D eigenvalue weighted by molar-refractivity contribution is 6.99. The van der Waals surface area contributed by atoms with E-state index in [1.165, 1.54) is 25.9 Å². The number of aromatic nitrogens is 2. The van der Waals surface area contributed by atoms with Gasteiger partial charge in [0.05, 0.1) is 11.7 Å². The second-order valence-electron chi connectivity index (χ2n) is 4.87. The average molecular weight is 261 g/mol. The third-order valence-corrected chi connectivity index (χ3v) is 4.22. The van der Waals surface area contributed by atoms with E-state index in [4.69, 9.17) is 11.6 Å². The summed E-state index contributed by atoms with van der Waals surface area (Å²) in [5.74, 6) is 0.729. The highest BCUT2D eigenvalue weighted by Gasteiger charge is 2.28. The van der Waals surface area contributed by atoms with Gasteiger partial charge in [-0.1, -0.05) is 18.5 Å². The Hall–Kier alpha value is -0.390. The summed E-state index contributed by atoms with van der Waals surface area (Å²) >= 11 is 7.04. The predicted octanol–water partition coefficient (Wildman–Crippen LogP) is 2.34. The quantitative estimate of drug-likeness (QED) is 0.906. The molecule has 90 valence electrons. The Labute approximate surface area is 105 Å². The summed E-state index contributed by atoms with van der Waals surface area (Å²) in [6, 6.07) is 0. The first kappa shape index (κ1) is 12.1. The molecular weight excluding hydrogens is 244 g/mol. The van der Waals surface area contributed by atoms with E-state index in [1.54, 1.807) is 0 Å². The van der Waals surface area contributed by atoms with Crippen molar-refractivity contribution in [3.8, 4) is 0 Å². The maximum atomic E-state index is 5.89. The van der Waals surface area contributed by atoms with Gasteiger partial charge < -0.3 is 10.2 Å². The van der Waals surface area contributed by atoms with E-state index in [-0.39, 0.29) is 0 Å². The lowest BCUT2D eigenvalue weighted by molar-refractivity contribution is 0.150. The summed E-state index contributed by atoms with van der Waals surface area (Å²) in [5, 5.41) is 3.79. The lowest BCUT2D eigenvalue weighted by Gasteiger charge is -2.37. The number of likely N-dealkylation sites (tertiary alicyclic amines) is 1. The molecule has 1 aromatic heterocycles. The molecule has 1 fully saturated rings. The summed E-state index contributed by atoms with van der Waals surface area (Å²) < 4.78 is 8.06. The zero-order chi connectivity index (χ0) is 11.6. The van der Waals surface area contributed by atoms with Crippen molar-refractivity contribution in [1.82, 2.24) is 13.6 Å². The minimum atomic E-state index is 0.347. The monoisotopic (exact) mass is 260 g/mol. The van der Waals surface area contributed by atoms with Gasteiger partial charge in [0.25, 0.3) is 0 Å². The standard InChI is InChI=1S/C10H17ClN4S/c1-10(3-5-15(2)6-4-10)7-12-9-8(11)13-16-14-9/h3-7H2,1-2H3,(H,12,14). The highest BCUT2D eigenvalue weighted by Crippen LogP contribution is 2.31. The molecule has 0 radical (unpaired) electrons. The van der Waals surface area contributed by atoms with E-state index in [2.05, 4.69) is 32.9 Å². The fourth-order valence-electron chi connectivity index (χ4n) is 1.92. The molecule has 0 aromatic carbocycles. The summed E-state index contributed by atoms with van der Waals surface area (Å²) in [5.41, 5.74) is 0.347. The molecule has 0 unspecified atom stereocenters. The molecule has 0 atom stereocenters. The Balaban J connectivity index is 1.88. The molecule has 6 heteroatoms. The van der Waals surface area contributed by atoms with Crippen molar-refractivity contribution in [3.05, 3.63) is 5.15 Å². The van der Waals surface area contributed by atoms with Gasteiger partial charge in [-0.05, 0) is 38.4 Å². The normalized spacial score (nSPS) is 20.9. The van der Waals surface area contributed by atoms with Gasteiger partial charge in [0.2, 0.25) is 0 Å². The Bertz CT molecular complexity index is 346. The Kier molecular flexibility index (Phi) is 3.66. The topological polar surface area (TPSA) is 41.0 Å². The first-order valence-corrected chi connectivity index (χ1v) is 6.60. The third kappa shape index (κ3) is 2.84. The van der Waals surface area contributed by atoms with Crippen LogP contribution >= 0.6 is 23.3 Å². The molecule has 1 aliphatic heterocycles. The van der Waals surface area contributed by atoms with Gasteiger partial charge in [0, 0.05) is 6.54 Å². The minimum absolute atomic E-state index is 0.347. The Morgan fingerprint density at radius 1 is 1.44 bits per heavy atom. The fraction of sp³-hybridized carbons (Fsp3) is 0.800. The SMILES string of the molecule is CN1CCC(C)(CNc2nsnc2Cl)CC1. The van der Waals surface area contributed by atoms with Crippen molar-refractivity contribution >= 4 is 29.1 Å². The molecule has 1 N–H and O–H groups in total. The second-order valence-corrected chi connectivity index (χ2v) is 5.76. The number of anilines is 1. The van der Waals surface area contributed by atoms with Gasteiger partial charge in [-0.25, -0.2) is 0 Å². The molecule has 16 heavy (non-hydrogen) atoms. The van der Waals surface area contributed by atoms with Crippen LogP contribution in [-0.2, 0) is 0 Å².